The molecule has 0 aromatic heterocycles. The van der Waals surface area contributed by atoms with E-state index in [-0.39, 0.29) is 16.9 Å². The first-order valence-corrected chi connectivity index (χ1v) is 11.0. The third-order valence-electron chi connectivity index (χ3n) is 5.14. The van der Waals surface area contributed by atoms with Crippen LogP contribution in [0.4, 0.5) is 4.39 Å². The molecular weight excluding hydrogens is 419 g/mol. The Morgan fingerprint density at radius 1 is 0.968 bits per heavy atom. The van der Waals surface area contributed by atoms with Gasteiger partial charge in [-0.25, -0.2) is 4.39 Å². The zero-order chi connectivity index (χ0) is 22.0. The summed E-state index contributed by atoms with van der Waals surface area (Å²) < 4.78 is 53.2. The molecule has 3 aromatic rings. The van der Waals surface area contributed by atoms with Crippen LogP contribution in [0.3, 0.4) is 0 Å². The lowest BCUT2D eigenvalue weighted by Crippen LogP contribution is -2.27. The van der Waals surface area contributed by atoms with Crippen LogP contribution in [0.1, 0.15) is 23.6 Å². The lowest BCUT2D eigenvalue weighted by Gasteiger charge is -2.23. The van der Waals surface area contributed by atoms with Gasteiger partial charge in [-0.1, -0.05) is 36.4 Å². The van der Waals surface area contributed by atoms with Crippen LogP contribution in [-0.4, -0.2) is 32.8 Å². The normalized spacial score (nSPS) is 16.2. The molecule has 0 fully saturated rings. The van der Waals surface area contributed by atoms with Gasteiger partial charge < -0.3 is 9.47 Å². The molecule has 1 heterocycles. The molecule has 0 amide bonds. The van der Waals surface area contributed by atoms with Crippen molar-refractivity contribution >= 4 is 15.7 Å². The molecule has 160 valence electrons. The summed E-state index contributed by atoms with van der Waals surface area (Å²) in [4.78, 5) is 0.0861. The van der Waals surface area contributed by atoms with Crippen molar-refractivity contribution < 1.29 is 22.3 Å². The van der Waals surface area contributed by atoms with Gasteiger partial charge in [0, 0.05) is 23.6 Å². The first kappa shape index (κ1) is 20.9. The van der Waals surface area contributed by atoms with E-state index in [2.05, 4.69) is 5.10 Å². The maximum atomic E-state index is 14.7. The average molecular weight is 440 g/mol. The predicted molar refractivity (Wildman–Crippen MR) is 115 cm³/mol. The van der Waals surface area contributed by atoms with Crippen LogP contribution in [0.5, 0.6) is 11.5 Å². The molecule has 1 aliphatic rings. The minimum atomic E-state index is -4.01. The van der Waals surface area contributed by atoms with Crippen molar-refractivity contribution in [2.24, 2.45) is 5.10 Å². The summed E-state index contributed by atoms with van der Waals surface area (Å²) in [7, 11) is -0.952. The number of sulfonamides is 1. The van der Waals surface area contributed by atoms with Crippen molar-refractivity contribution in [2.75, 3.05) is 14.2 Å². The number of hydrogen-bond donors (Lipinski definition) is 0. The van der Waals surface area contributed by atoms with Crippen LogP contribution in [-0.2, 0) is 10.0 Å². The number of halogens is 1. The van der Waals surface area contributed by atoms with Crippen molar-refractivity contribution in [1.29, 1.82) is 0 Å². The lowest BCUT2D eigenvalue weighted by molar-refractivity contribution is 0.362. The van der Waals surface area contributed by atoms with Gasteiger partial charge >= 0.3 is 0 Å². The minimum absolute atomic E-state index is 0.0861. The molecule has 8 heteroatoms. The van der Waals surface area contributed by atoms with Crippen molar-refractivity contribution in [3.05, 3.63) is 89.7 Å². The summed E-state index contributed by atoms with van der Waals surface area (Å²) in [6.45, 7) is 0. The fraction of sp³-hybridized carbons (Fsp3) is 0.174. The van der Waals surface area contributed by atoms with Gasteiger partial charge in [-0.15, -0.1) is 0 Å². The number of nitrogens with zero attached hydrogens (tertiary/aromatic N) is 2. The smallest absolute Gasteiger partial charge is 0.279 e. The molecule has 0 bridgehead atoms. The number of ether oxygens (including phenoxy) is 2. The van der Waals surface area contributed by atoms with E-state index in [1.165, 1.54) is 25.3 Å². The number of hydrazone groups is 1. The Kier molecular flexibility index (Phi) is 5.65. The Bertz CT molecular complexity index is 1230. The molecule has 0 unspecified atom stereocenters. The second-order valence-electron chi connectivity index (χ2n) is 6.94. The van der Waals surface area contributed by atoms with E-state index in [1.807, 2.05) is 0 Å². The average Bonchev–Trinajstić information content (AvgIpc) is 3.25. The lowest BCUT2D eigenvalue weighted by atomic mass is 9.98. The Morgan fingerprint density at radius 2 is 1.68 bits per heavy atom. The van der Waals surface area contributed by atoms with E-state index in [9.17, 15) is 12.8 Å². The predicted octanol–water partition coefficient (Wildman–Crippen LogP) is 4.38. The first-order chi connectivity index (χ1) is 15.0. The van der Waals surface area contributed by atoms with Crippen LogP contribution < -0.4 is 9.47 Å². The van der Waals surface area contributed by atoms with Crippen LogP contribution in [0, 0.1) is 5.82 Å². The maximum Gasteiger partial charge on any atom is 0.279 e. The van der Waals surface area contributed by atoms with E-state index in [0.29, 0.717) is 22.8 Å². The quantitative estimate of drug-likeness (QED) is 0.570. The molecule has 31 heavy (non-hydrogen) atoms. The topological polar surface area (TPSA) is 68.2 Å². The zero-order valence-corrected chi connectivity index (χ0v) is 17.8. The van der Waals surface area contributed by atoms with E-state index >= 15 is 0 Å². The summed E-state index contributed by atoms with van der Waals surface area (Å²) in [5.41, 5.74) is 1.36. The Labute approximate surface area is 180 Å². The van der Waals surface area contributed by atoms with Crippen molar-refractivity contribution in [1.82, 2.24) is 4.41 Å². The second-order valence-corrected chi connectivity index (χ2v) is 8.74. The third-order valence-corrected chi connectivity index (χ3v) is 6.84. The highest BCUT2D eigenvalue weighted by molar-refractivity contribution is 7.89. The van der Waals surface area contributed by atoms with Gasteiger partial charge in [-0.3, -0.25) is 0 Å². The standard InChI is InChI=1S/C23H21FN2O4S/c1-29-16-12-13-19(23(14-16)30-2)21-15-22(18-10-6-7-11-20(18)24)26(25-21)31(27,28)17-8-4-3-5-9-17/h3-14,22H,15H2,1-2H3/t22-/m1/s1. The fourth-order valence-corrected chi connectivity index (χ4v) is 5.03. The Balaban J connectivity index is 1.85. The number of methoxy groups -OCH3 is 2. The summed E-state index contributed by atoms with van der Waals surface area (Å²) in [5.74, 6) is 0.599. The van der Waals surface area contributed by atoms with Gasteiger partial charge in [-0.05, 0) is 30.3 Å². The van der Waals surface area contributed by atoms with E-state index in [1.54, 1.807) is 61.7 Å². The van der Waals surface area contributed by atoms with Gasteiger partial charge in [0.2, 0.25) is 0 Å². The van der Waals surface area contributed by atoms with Gasteiger partial charge in [-0.2, -0.15) is 17.9 Å². The summed E-state index contributed by atoms with van der Waals surface area (Å²) in [5, 5.41) is 4.44. The molecule has 0 radical (unpaired) electrons. The molecule has 1 aliphatic heterocycles. The minimum Gasteiger partial charge on any atom is -0.497 e. The molecule has 4 rings (SSSR count). The van der Waals surface area contributed by atoms with Crippen molar-refractivity contribution in [3.63, 3.8) is 0 Å². The van der Waals surface area contributed by atoms with Crippen LogP contribution in [0.2, 0.25) is 0 Å². The van der Waals surface area contributed by atoms with E-state index in [4.69, 9.17) is 9.47 Å². The van der Waals surface area contributed by atoms with Gasteiger partial charge in [0.15, 0.2) is 0 Å². The van der Waals surface area contributed by atoms with Gasteiger partial charge in [0.05, 0.1) is 30.9 Å². The molecule has 0 spiro atoms. The van der Waals surface area contributed by atoms with E-state index in [0.717, 1.165) is 4.41 Å². The van der Waals surface area contributed by atoms with E-state index < -0.39 is 21.9 Å². The molecular formula is C23H21FN2O4S. The second kappa shape index (κ2) is 8.39. The largest absolute Gasteiger partial charge is 0.497 e. The molecule has 0 saturated carbocycles. The number of hydrogen-bond acceptors (Lipinski definition) is 5. The molecule has 6 nitrogen and oxygen atoms in total. The molecule has 0 aliphatic carbocycles. The SMILES string of the molecule is COc1ccc(C2=NN(S(=O)(=O)c3ccccc3)[C@@H](c3ccccc3F)C2)c(OC)c1. The summed E-state index contributed by atoms with van der Waals surface area (Å²) in [6, 6.07) is 18.5. The highest BCUT2D eigenvalue weighted by Gasteiger charge is 2.39. The molecule has 0 N–H and O–H groups in total. The Hall–Kier alpha value is -3.39. The fourth-order valence-electron chi connectivity index (χ4n) is 3.59. The Morgan fingerprint density at radius 3 is 2.35 bits per heavy atom. The monoisotopic (exact) mass is 440 g/mol. The van der Waals surface area contributed by atoms with Crippen LogP contribution >= 0.6 is 0 Å². The van der Waals surface area contributed by atoms with Crippen molar-refractivity contribution in [2.45, 2.75) is 17.4 Å². The zero-order valence-electron chi connectivity index (χ0n) is 17.0. The summed E-state index contributed by atoms with van der Waals surface area (Å²) >= 11 is 0. The van der Waals surface area contributed by atoms with Crippen LogP contribution in [0.15, 0.2) is 82.8 Å². The van der Waals surface area contributed by atoms with Gasteiger partial charge in [0.1, 0.15) is 17.3 Å². The molecule has 1 atom stereocenters. The van der Waals surface area contributed by atoms with Crippen molar-refractivity contribution in [3.8, 4) is 11.5 Å². The number of benzene rings is 3. The maximum absolute atomic E-state index is 14.7. The van der Waals surface area contributed by atoms with Gasteiger partial charge in [0.25, 0.3) is 10.0 Å². The molecule has 3 aromatic carbocycles. The highest BCUT2D eigenvalue weighted by atomic mass is 32.2. The first-order valence-electron chi connectivity index (χ1n) is 9.59. The highest BCUT2D eigenvalue weighted by Crippen LogP contribution is 2.40. The molecule has 0 saturated heterocycles. The summed E-state index contributed by atoms with van der Waals surface area (Å²) in [6.07, 6.45) is 0.190. The van der Waals surface area contributed by atoms with Crippen LogP contribution in [0.25, 0.3) is 0 Å². The third kappa shape index (κ3) is 3.86. The number of rotatable bonds is 6.